The van der Waals surface area contributed by atoms with Crippen LogP contribution in [0.5, 0.6) is 0 Å². The Hall–Kier alpha value is -1.31. The molecule has 0 radical (unpaired) electrons. The minimum atomic E-state index is 0. The van der Waals surface area contributed by atoms with Crippen LogP contribution in [0.2, 0.25) is 0 Å². The van der Waals surface area contributed by atoms with Crippen molar-refractivity contribution in [3.05, 3.63) is 35.9 Å². The van der Waals surface area contributed by atoms with E-state index in [4.69, 9.17) is 0 Å². The highest BCUT2D eigenvalue weighted by molar-refractivity contribution is 14.0. The summed E-state index contributed by atoms with van der Waals surface area (Å²) in [6, 6.07) is 10.7. The predicted octanol–water partition coefficient (Wildman–Crippen LogP) is 2.61. The molecule has 6 heteroatoms. The Morgan fingerprint density at radius 1 is 1.24 bits per heavy atom. The molecule has 1 fully saturated rings. The molecule has 0 spiro atoms. The molecule has 1 aromatic carbocycles. The highest BCUT2D eigenvalue weighted by Crippen LogP contribution is 2.21. The molecule has 25 heavy (non-hydrogen) atoms. The number of carbonyl (C=O) groups excluding carboxylic acids is 1. The average Bonchev–Trinajstić information content (AvgIpc) is 2.60. The molecule has 0 saturated carbocycles. The third kappa shape index (κ3) is 7.22. The average molecular weight is 458 g/mol. The fourth-order valence-electron chi connectivity index (χ4n) is 3.01. The first-order valence-corrected chi connectivity index (χ1v) is 8.87. The van der Waals surface area contributed by atoms with Gasteiger partial charge in [0, 0.05) is 33.7 Å². The second-order valence-electron chi connectivity index (χ2n) is 6.58. The number of halogens is 1. The number of nitrogens with zero attached hydrogens (tertiary/aromatic N) is 3. The summed E-state index contributed by atoms with van der Waals surface area (Å²) in [7, 11) is 3.53. The molecule has 1 saturated heterocycles. The van der Waals surface area contributed by atoms with Crippen LogP contribution in [0, 0.1) is 5.92 Å². The lowest BCUT2D eigenvalue weighted by Gasteiger charge is -2.34. The molecule has 0 atom stereocenters. The quantitative estimate of drug-likeness (QED) is 0.419. The molecule has 0 aromatic heterocycles. The van der Waals surface area contributed by atoms with Gasteiger partial charge in [-0.3, -0.25) is 4.79 Å². The van der Waals surface area contributed by atoms with Gasteiger partial charge in [-0.15, -0.1) is 24.0 Å². The fraction of sp³-hybridized carbons (Fsp3) is 0.579. The first kappa shape index (κ1) is 21.7. The second-order valence-corrected chi connectivity index (χ2v) is 6.58. The third-order valence-electron chi connectivity index (χ3n) is 4.48. The van der Waals surface area contributed by atoms with Gasteiger partial charge in [0.2, 0.25) is 5.91 Å². The first-order valence-electron chi connectivity index (χ1n) is 8.87. The monoisotopic (exact) mass is 458 g/mol. The largest absolute Gasteiger partial charge is 0.357 e. The van der Waals surface area contributed by atoms with Crippen LogP contribution in [-0.4, -0.2) is 61.9 Å². The van der Waals surface area contributed by atoms with Crippen molar-refractivity contribution in [2.75, 3.05) is 40.3 Å². The van der Waals surface area contributed by atoms with Gasteiger partial charge in [0.25, 0.3) is 0 Å². The van der Waals surface area contributed by atoms with E-state index in [1.54, 1.807) is 19.0 Å². The van der Waals surface area contributed by atoms with Crippen LogP contribution < -0.4 is 5.32 Å². The highest BCUT2D eigenvalue weighted by atomic mass is 127. The summed E-state index contributed by atoms with van der Waals surface area (Å²) >= 11 is 0. The minimum Gasteiger partial charge on any atom is -0.357 e. The molecule has 0 aliphatic carbocycles. The normalized spacial score (nSPS) is 15.5. The van der Waals surface area contributed by atoms with Crippen molar-refractivity contribution in [1.82, 2.24) is 15.1 Å². The van der Waals surface area contributed by atoms with E-state index in [1.807, 2.05) is 0 Å². The van der Waals surface area contributed by atoms with Crippen molar-refractivity contribution in [2.45, 2.75) is 26.2 Å². The number of piperidine rings is 1. The smallest absolute Gasteiger partial charge is 0.243 e. The van der Waals surface area contributed by atoms with Gasteiger partial charge in [0.05, 0.1) is 0 Å². The van der Waals surface area contributed by atoms with Crippen LogP contribution in [0.4, 0.5) is 0 Å². The number of hydrogen-bond acceptors (Lipinski definition) is 2. The Labute approximate surface area is 168 Å². The molecule has 140 valence electrons. The van der Waals surface area contributed by atoms with Gasteiger partial charge in [-0.1, -0.05) is 30.3 Å². The lowest BCUT2D eigenvalue weighted by molar-refractivity contribution is -0.127. The summed E-state index contributed by atoms with van der Waals surface area (Å²) in [4.78, 5) is 20.1. The van der Waals surface area contributed by atoms with Crippen molar-refractivity contribution < 1.29 is 4.79 Å². The number of aliphatic imine (C=N–C) groups is 1. The molecule has 1 aromatic rings. The maximum atomic E-state index is 11.8. The van der Waals surface area contributed by atoms with E-state index < -0.39 is 0 Å². The van der Waals surface area contributed by atoms with Crippen molar-refractivity contribution in [3.8, 4) is 0 Å². The number of nitrogens with one attached hydrogen (secondary N) is 1. The highest BCUT2D eigenvalue weighted by Gasteiger charge is 2.21. The molecule has 5 nitrogen and oxygen atoms in total. The molecule has 0 unspecified atom stereocenters. The van der Waals surface area contributed by atoms with Gasteiger partial charge in [-0.05, 0) is 37.7 Å². The van der Waals surface area contributed by atoms with Crippen LogP contribution in [-0.2, 0) is 11.2 Å². The van der Waals surface area contributed by atoms with Crippen LogP contribution in [0.1, 0.15) is 25.3 Å². The molecule has 1 amide bonds. The summed E-state index contributed by atoms with van der Waals surface area (Å²) in [5.41, 5.74) is 1.42. The Morgan fingerprint density at radius 3 is 2.44 bits per heavy atom. The van der Waals surface area contributed by atoms with E-state index >= 15 is 0 Å². The number of likely N-dealkylation sites (tertiary alicyclic amines) is 1. The summed E-state index contributed by atoms with van der Waals surface area (Å²) in [5.74, 6) is 1.63. The maximum absolute atomic E-state index is 11.8. The second kappa shape index (κ2) is 11.3. The lowest BCUT2D eigenvalue weighted by Crippen LogP contribution is -2.46. The zero-order valence-electron chi connectivity index (χ0n) is 15.6. The lowest BCUT2D eigenvalue weighted by atomic mass is 9.90. The fourth-order valence-corrected chi connectivity index (χ4v) is 3.01. The van der Waals surface area contributed by atoms with Crippen LogP contribution >= 0.6 is 24.0 Å². The number of guanidine groups is 1. The number of amides is 1. The van der Waals surface area contributed by atoms with Crippen molar-refractivity contribution in [1.29, 1.82) is 0 Å². The van der Waals surface area contributed by atoms with Gasteiger partial charge < -0.3 is 15.1 Å². The Balaban J connectivity index is 0.00000312. The number of carbonyl (C=O) groups is 1. The maximum Gasteiger partial charge on any atom is 0.243 e. The van der Waals surface area contributed by atoms with Gasteiger partial charge in [-0.2, -0.15) is 0 Å². The summed E-state index contributed by atoms with van der Waals surface area (Å²) in [5, 5.41) is 3.32. The number of likely N-dealkylation sites (N-methyl/N-ethyl adjacent to an activating group) is 1. The number of hydrogen-bond donors (Lipinski definition) is 1. The molecule has 1 aliphatic heterocycles. The van der Waals surface area contributed by atoms with E-state index in [0.717, 1.165) is 37.9 Å². The van der Waals surface area contributed by atoms with Crippen LogP contribution in [0.25, 0.3) is 0 Å². The first-order chi connectivity index (χ1) is 11.6. The Bertz CT molecular complexity index is 540. The molecule has 1 aliphatic rings. The minimum absolute atomic E-state index is 0. The molecule has 2 rings (SSSR count). The van der Waals surface area contributed by atoms with E-state index in [1.165, 1.54) is 18.4 Å². The van der Waals surface area contributed by atoms with Gasteiger partial charge in [-0.25, -0.2) is 4.99 Å². The van der Waals surface area contributed by atoms with Gasteiger partial charge in [0.15, 0.2) is 5.96 Å². The topological polar surface area (TPSA) is 47.9 Å². The SMILES string of the molecule is CCNC(=NCC(=O)N(C)C)N1CCC(Cc2ccccc2)CC1.I. The third-order valence-corrected chi connectivity index (χ3v) is 4.48. The molecular formula is C19H31IN4O. The Kier molecular flexibility index (Phi) is 9.85. The molecule has 1 N–H and O–H groups in total. The standard InChI is InChI=1S/C19H30N4O.HI/c1-4-20-19(21-15-18(24)22(2)3)23-12-10-17(11-13-23)14-16-8-6-5-7-9-16;/h5-9,17H,4,10-15H2,1-3H3,(H,20,21);1H. The van der Waals surface area contributed by atoms with E-state index in [-0.39, 0.29) is 36.4 Å². The van der Waals surface area contributed by atoms with Gasteiger partial charge >= 0.3 is 0 Å². The summed E-state index contributed by atoms with van der Waals surface area (Å²) in [6.07, 6.45) is 3.49. The molecule has 0 bridgehead atoms. The molecular weight excluding hydrogens is 427 g/mol. The molecule has 1 heterocycles. The van der Waals surface area contributed by atoms with Gasteiger partial charge in [0.1, 0.15) is 6.54 Å². The van der Waals surface area contributed by atoms with Crippen LogP contribution in [0.3, 0.4) is 0 Å². The van der Waals surface area contributed by atoms with Crippen LogP contribution in [0.15, 0.2) is 35.3 Å². The zero-order chi connectivity index (χ0) is 17.4. The Morgan fingerprint density at radius 2 is 1.88 bits per heavy atom. The zero-order valence-corrected chi connectivity index (χ0v) is 17.9. The van der Waals surface area contributed by atoms with E-state index in [2.05, 4.69) is 52.5 Å². The summed E-state index contributed by atoms with van der Waals surface area (Å²) < 4.78 is 0. The van der Waals surface area contributed by atoms with E-state index in [9.17, 15) is 4.79 Å². The van der Waals surface area contributed by atoms with Crippen molar-refractivity contribution in [3.63, 3.8) is 0 Å². The number of benzene rings is 1. The summed E-state index contributed by atoms with van der Waals surface area (Å²) in [6.45, 7) is 5.09. The van der Waals surface area contributed by atoms with Crippen molar-refractivity contribution in [2.24, 2.45) is 10.9 Å². The number of rotatable bonds is 5. The predicted molar refractivity (Wildman–Crippen MR) is 115 cm³/mol. The van der Waals surface area contributed by atoms with E-state index in [0.29, 0.717) is 0 Å². The van der Waals surface area contributed by atoms with Crippen molar-refractivity contribution >= 4 is 35.8 Å².